The molecule has 0 N–H and O–H groups in total. The first-order valence-electron chi connectivity index (χ1n) is 13.3. The van der Waals surface area contributed by atoms with Gasteiger partial charge in [-0.25, -0.2) is 9.78 Å². The summed E-state index contributed by atoms with van der Waals surface area (Å²) in [4.78, 5) is 35.6. The number of hydrogen-bond acceptors (Lipinski definition) is 7. The molecular weight excluding hydrogens is 522 g/mol. The predicted octanol–water partition coefficient (Wildman–Crippen LogP) is 6.22. The number of aldehydes is 1. The maximum Gasteiger partial charge on any atom is 0.410 e. The number of carbonyl (C=O) groups excluding carboxylic acids is 2. The Morgan fingerprint density at radius 2 is 1.62 bits per heavy atom. The van der Waals surface area contributed by atoms with Gasteiger partial charge in [-0.2, -0.15) is 0 Å². The Hall–Kier alpha value is -4.14. The largest absolute Gasteiger partial charge is 0.436 e. The maximum absolute atomic E-state index is 13.6. The van der Waals surface area contributed by atoms with Crippen LogP contribution in [0.5, 0.6) is 0 Å². The van der Waals surface area contributed by atoms with Crippen molar-refractivity contribution < 1.29 is 19.1 Å². The number of fused-ring (bicyclic) bond motifs is 3. The van der Waals surface area contributed by atoms with Crippen LogP contribution in [0.3, 0.4) is 0 Å². The van der Waals surface area contributed by atoms with Crippen LogP contribution in [0, 0.1) is 0 Å². The van der Waals surface area contributed by atoms with Crippen LogP contribution in [-0.2, 0) is 16.0 Å². The van der Waals surface area contributed by atoms with E-state index in [4.69, 9.17) is 14.5 Å². The highest BCUT2D eigenvalue weighted by atomic mass is 32.2. The summed E-state index contributed by atoms with van der Waals surface area (Å²) in [7, 11) is 1.75. The second-order valence-corrected chi connectivity index (χ2v) is 10.8. The molecule has 3 aromatic carbocycles. The van der Waals surface area contributed by atoms with Gasteiger partial charge in [0, 0.05) is 58.4 Å². The fourth-order valence-electron chi connectivity index (χ4n) is 5.27. The van der Waals surface area contributed by atoms with Crippen molar-refractivity contribution in [2.45, 2.75) is 22.4 Å². The van der Waals surface area contributed by atoms with Gasteiger partial charge in [0.2, 0.25) is 0 Å². The molecule has 1 aromatic heterocycles. The van der Waals surface area contributed by atoms with Crippen molar-refractivity contribution in [1.82, 2.24) is 9.88 Å². The van der Waals surface area contributed by atoms with E-state index in [0.29, 0.717) is 38.4 Å². The number of ether oxygens (including phenoxy) is 2. The van der Waals surface area contributed by atoms with Gasteiger partial charge in [-0.1, -0.05) is 78.5 Å². The van der Waals surface area contributed by atoms with Crippen LogP contribution >= 0.6 is 11.8 Å². The van der Waals surface area contributed by atoms with Gasteiger partial charge < -0.3 is 19.3 Å². The molecule has 2 aliphatic rings. The lowest BCUT2D eigenvalue weighted by atomic mass is 10.1. The minimum Gasteiger partial charge on any atom is -0.436 e. The Labute approximate surface area is 237 Å². The van der Waals surface area contributed by atoms with E-state index in [1.165, 1.54) is 11.8 Å². The van der Waals surface area contributed by atoms with Gasteiger partial charge in [0.05, 0.1) is 19.8 Å². The number of morpholine rings is 1. The molecule has 0 saturated carbocycles. The van der Waals surface area contributed by atoms with E-state index in [9.17, 15) is 9.59 Å². The number of benzene rings is 3. The van der Waals surface area contributed by atoms with Gasteiger partial charge in [-0.3, -0.25) is 4.79 Å². The van der Waals surface area contributed by atoms with Gasteiger partial charge in [0.15, 0.2) is 12.4 Å². The summed E-state index contributed by atoms with van der Waals surface area (Å²) in [5.74, 6) is 0.813. The second kappa shape index (κ2) is 11.5. The molecule has 2 heterocycles. The molecule has 1 saturated heterocycles. The number of anilines is 1. The predicted molar refractivity (Wildman–Crippen MR) is 155 cm³/mol. The molecule has 1 fully saturated rings. The first-order chi connectivity index (χ1) is 19.6. The Balaban J connectivity index is 1.30. The van der Waals surface area contributed by atoms with Gasteiger partial charge in [-0.15, -0.1) is 0 Å². The monoisotopic (exact) mass is 551 g/mol. The smallest absolute Gasteiger partial charge is 0.410 e. The van der Waals surface area contributed by atoms with Crippen LogP contribution in [0.4, 0.5) is 10.6 Å². The van der Waals surface area contributed by atoms with E-state index >= 15 is 0 Å². The van der Waals surface area contributed by atoms with E-state index in [0.717, 1.165) is 49.7 Å². The van der Waals surface area contributed by atoms with Gasteiger partial charge in [0.25, 0.3) is 0 Å². The molecule has 0 unspecified atom stereocenters. The zero-order valence-electron chi connectivity index (χ0n) is 22.2. The van der Waals surface area contributed by atoms with Crippen LogP contribution in [-0.4, -0.2) is 55.6 Å². The lowest BCUT2D eigenvalue weighted by molar-refractivity contribution is 0.0840. The zero-order valence-corrected chi connectivity index (χ0v) is 23.0. The molecule has 0 bridgehead atoms. The third-order valence-electron chi connectivity index (χ3n) is 7.27. The lowest BCUT2D eigenvalue weighted by Gasteiger charge is -2.31. The molecule has 202 valence electrons. The fourth-order valence-corrected chi connectivity index (χ4v) is 6.30. The Bertz CT molecular complexity index is 1510. The molecule has 40 heavy (non-hydrogen) atoms. The van der Waals surface area contributed by atoms with Gasteiger partial charge in [0.1, 0.15) is 5.82 Å². The number of aromatic nitrogens is 1. The summed E-state index contributed by atoms with van der Waals surface area (Å²) < 4.78 is 11.7. The first kappa shape index (κ1) is 26.1. The van der Waals surface area contributed by atoms with Crippen LogP contribution in [0.2, 0.25) is 0 Å². The van der Waals surface area contributed by atoms with Gasteiger partial charge in [-0.05, 0) is 23.3 Å². The summed E-state index contributed by atoms with van der Waals surface area (Å²) in [6.07, 6.45) is 1.76. The third kappa shape index (κ3) is 5.08. The number of nitrogens with zero attached hydrogens (tertiary/aromatic N) is 3. The van der Waals surface area contributed by atoms with Crippen molar-refractivity contribution in [3.05, 3.63) is 107 Å². The number of amides is 1. The Morgan fingerprint density at radius 3 is 2.33 bits per heavy atom. The standard InChI is InChI=1S/C32H29N3O4S/c1-34(32(37)39-30-25-11-5-3-9-23(25)24-10-4-6-12-26(24)30)20-27-29(40-28-13-7-2-8-22(28)21-36)14-15-33-31(27)35-16-18-38-19-17-35/h2-15,21,30H,16-20H2,1H3. The number of pyridine rings is 1. The summed E-state index contributed by atoms with van der Waals surface area (Å²) in [5, 5.41) is 0. The average Bonchev–Trinajstić information content (AvgIpc) is 3.32. The summed E-state index contributed by atoms with van der Waals surface area (Å²) >= 11 is 1.50. The molecule has 7 nitrogen and oxygen atoms in total. The summed E-state index contributed by atoms with van der Waals surface area (Å²) in [6, 6.07) is 25.6. The molecule has 1 amide bonds. The fraction of sp³-hybridized carbons (Fsp3) is 0.219. The van der Waals surface area contributed by atoms with Crippen LogP contribution in [0.15, 0.2) is 94.9 Å². The molecule has 0 atom stereocenters. The minimum absolute atomic E-state index is 0.293. The SMILES string of the molecule is CN(Cc1c(Sc2ccccc2C=O)ccnc1N1CCOCC1)C(=O)OC1c2ccccc2-c2ccccc21. The second-order valence-electron chi connectivity index (χ2n) is 9.76. The molecule has 0 radical (unpaired) electrons. The van der Waals surface area contributed by atoms with E-state index in [2.05, 4.69) is 17.0 Å². The Kier molecular flexibility index (Phi) is 7.53. The topological polar surface area (TPSA) is 72.0 Å². The number of hydrogen-bond donors (Lipinski definition) is 0. The minimum atomic E-state index is -0.469. The molecule has 0 spiro atoms. The highest BCUT2D eigenvalue weighted by Gasteiger charge is 2.32. The van der Waals surface area contributed by atoms with Crippen molar-refractivity contribution in [3.8, 4) is 11.1 Å². The van der Waals surface area contributed by atoms with E-state index in [-0.39, 0.29) is 0 Å². The first-order valence-corrected chi connectivity index (χ1v) is 14.1. The van der Waals surface area contributed by atoms with E-state index in [1.54, 1.807) is 24.2 Å². The molecule has 8 heteroatoms. The van der Waals surface area contributed by atoms with Crippen LogP contribution < -0.4 is 4.90 Å². The number of carbonyl (C=O) groups is 2. The van der Waals surface area contributed by atoms with E-state index in [1.807, 2.05) is 60.7 Å². The Morgan fingerprint density at radius 1 is 0.975 bits per heavy atom. The molecule has 1 aliphatic heterocycles. The van der Waals surface area contributed by atoms with Crippen LogP contribution in [0.1, 0.15) is 33.2 Å². The normalized spacial score (nSPS) is 14.4. The molecule has 1 aliphatic carbocycles. The highest BCUT2D eigenvalue weighted by molar-refractivity contribution is 7.99. The van der Waals surface area contributed by atoms with Gasteiger partial charge >= 0.3 is 6.09 Å². The molecular formula is C32H29N3O4S. The zero-order chi connectivity index (χ0) is 27.5. The van der Waals surface area contributed by atoms with Crippen molar-refractivity contribution in [1.29, 1.82) is 0 Å². The average molecular weight is 552 g/mol. The molecule has 6 rings (SSSR count). The maximum atomic E-state index is 13.6. The van der Waals surface area contributed by atoms with Crippen molar-refractivity contribution in [3.63, 3.8) is 0 Å². The van der Waals surface area contributed by atoms with Crippen molar-refractivity contribution in [2.75, 3.05) is 38.3 Å². The van der Waals surface area contributed by atoms with E-state index < -0.39 is 12.2 Å². The summed E-state index contributed by atoms with van der Waals surface area (Å²) in [6.45, 7) is 2.95. The number of rotatable bonds is 7. The molecule has 4 aromatic rings. The third-order valence-corrected chi connectivity index (χ3v) is 8.46. The van der Waals surface area contributed by atoms with Crippen molar-refractivity contribution in [2.24, 2.45) is 0 Å². The van der Waals surface area contributed by atoms with Crippen LogP contribution in [0.25, 0.3) is 11.1 Å². The lowest BCUT2D eigenvalue weighted by Crippen LogP contribution is -2.38. The quantitative estimate of drug-likeness (QED) is 0.253. The van der Waals surface area contributed by atoms with Crippen molar-refractivity contribution >= 4 is 30.0 Å². The highest BCUT2D eigenvalue weighted by Crippen LogP contribution is 2.45. The summed E-state index contributed by atoms with van der Waals surface area (Å²) in [5.41, 5.74) is 5.68.